The first kappa shape index (κ1) is 12.4. The molecule has 1 aliphatic heterocycles. The number of nitrogens with two attached hydrogens (primary N) is 1. The Labute approximate surface area is 112 Å². The van der Waals surface area contributed by atoms with Crippen LogP contribution in [-0.4, -0.2) is 27.7 Å². The monoisotopic (exact) mass is 260 g/mol. The highest BCUT2D eigenvalue weighted by Crippen LogP contribution is 2.33. The van der Waals surface area contributed by atoms with Crippen molar-refractivity contribution in [2.45, 2.75) is 33.2 Å². The molecule has 2 aromatic heterocycles. The maximum absolute atomic E-state index is 6.08. The van der Waals surface area contributed by atoms with Crippen molar-refractivity contribution in [1.29, 1.82) is 0 Å². The van der Waals surface area contributed by atoms with Crippen LogP contribution in [0.5, 0.6) is 0 Å². The van der Waals surface area contributed by atoms with E-state index >= 15 is 0 Å². The quantitative estimate of drug-likeness (QED) is 0.898. The van der Waals surface area contributed by atoms with Crippen molar-refractivity contribution in [3.05, 3.63) is 17.8 Å². The van der Waals surface area contributed by atoms with E-state index in [1.54, 1.807) is 0 Å². The molecular weight excluding hydrogens is 240 g/mol. The summed E-state index contributed by atoms with van der Waals surface area (Å²) >= 11 is 0. The number of aromatic nitrogens is 3. The van der Waals surface area contributed by atoms with Crippen LogP contribution >= 0.6 is 0 Å². The molecule has 1 fully saturated rings. The van der Waals surface area contributed by atoms with Crippen LogP contribution in [0.4, 0.5) is 5.95 Å². The minimum Gasteiger partial charge on any atom is -0.381 e. The van der Waals surface area contributed by atoms with Gasteiger partial charge >= 0.3 is 0 Å². The fraction of sp³-hybridized carbons (Fsp3) is 0.571. The van der Waals surface area contributed by atoms with Crippen molar-refractivity contribution < 1.29 is 4.74 Å². The lowest BCUT2D eigenvalue weighted by Gasteiger charge is -2.34. The van der Waals surface area contributed by atoms with Crippen molar-refractivity contribution in [1.82, 2.24) is 14.5 Å². The zero-order valence-corrected chi connectivity index (χ0v) is 11.5. The van der Waals surface area contributed by atoms with E-state index in [1.165, 1.54) is 0 Å². The fourth-order valence-corrected chi connectivity index (χ4v) is 2.72. The van der Waals surface area contributed by atoms with E-state index in [2.05, 4.69) is 16.9 Å². The molecule has 1 saturated heterocycles. The standard InChI is InChI=1S/C14H20N4O/c1-10-3-6-16-12-11(10)17-13(15)18(12)9-14(2)4-7-19-8-5-14/h3,6H,4-5,7-9H2,1-2H3,(H2,15,17). The van der Waals surface area contributed by atoms with Gasteiger partial charge < -0.3 is 10.5 Å². The molecule has 2 aromatic rings. The fourth-order valence-electron chi connectivity index (χ4n) is 2.72. The predicted molar refractivity (Wildman–Crippen MR) is 74.8 cm³/mol. The Balaban J connectivity index is 2.00. The smallest absolute Gasteiger partial charge is 0.202 e. The van der Waals surface area contributed by atoms with Gasteiger partial charge in [0.25, 0.3) is 0 Å². The molecule has 0 radical (unpaired) electrons. The van der Waals surface area contributed by atoms with Crippen molar-refractivity contribution >= 4 is 17.1 Å². The summed E-state index contributed by atoms with van der Waals surface area (Å²) in [4.78, 5) is 8.90. The number of pyridine rings is 1. The van der Waals surface area contributed by atoms with E-state index in [9.17, 15) is 0 Å². The van der Waals surface area contributed by atoms with Gasteiger partial charge in [0.1, 0.15) is 5.52 Å². The van der Waals surface area contributed by atoms with Crippen molar-refractivity contribution in [2.24, 2.45) is 5.41 Å². The van der Waals surface area contributed by atoms with E-state index in [0.717, 1.165) is 49.3 Å². The highest BCUT2D eigenvalue weighted by atomic mass is 16.5. The van der Waals surface area contributed by atoms with Gasteiger partial charge in [-0.15, -0.1) is 0 Å². The molecule has 0 bridgehead atoms. The third-order valence-corrected chi connectivity index (χ3v) is 4.10. The number of hydrogen-bond acceptors (Lipinski definition) is 4. The molecule has 5 nitrogen and oxygen atoms in total. The van der Waals surface area contributed by atoms with Gasteiger partial charge in [0.15, 0.2) is 5.65 Å². The molecule has 0 saturated carbocycles. The van der Waals surface area contributed by atoms with Crippen LogP contribution in [0.2, 0.25) is 0 Å². The Kier molecular flexibility index (Phi) is 2.93. The summed E-state index contributed by atoms with van der Waals surface area (Å²) in [6, 6.07) is 1.97. The summed E-state index contributed by atoms with van der Waals surface area (Å²) in [5.74, 6) is 0.560. The molecule has 2 N–H and O–H groups in total. The van der Waals surface area contributed by atoms with Gasteiger partial charge in [-0.1, -0.05) is 6.92 Å². The lowest BCUT2D eigenvalue weighted by Crippen LogP contribution is -2.31. The van der Waals surface area contributed by atoms with Crippen LogP contribution in [-0.2, 0) is 11.3 Å². The molecule has 102 valence electrons. The number of ether oxygens (including phenoxy) is 1. The SMILES string of the molecule is Cc1ccnc2c1nc(N)n2CC1(C)CCOCC1. The summed E-state index contributed by atoms with van der Waals surface area (Å²) in [5, 5.41) is 0. The molecule has 3 heterocycles. The van der Waals surface area contributed by atoms with Gasteiger partial charge in [-0.25, -0.2) is 9.97 Å². The highest BCUT2D eigenvalue weighted by Gasteiger charge is 2.29. The van der Waals surface area contributed by atoms with Gasteiger partial charge in [0.2, 0.25) is 5.95 Å². The average Bonchev–Trinajstić information content (AvgIpc) is 2.69. The Morgan fingerprint density at radius 1 is 1.42 bits per heavy atom. The van der Waals surface area contributed by atoms with Crippen LogP contribution < -0.4 is 5.73 Å². The number of nitrogens with zero attached hydrogens (tertiary/aromatic N) is 3. The molecule has 3 rings (SSSR count). The second kappa shape index (κ2) is 4.49. The summed E-state index contributed by atoms with van der Waals surface area (Å²) in [6.07, 6.45) is 3.93. The van der Waals surface area contributed by atoms with E-state index < -0.39 is 0 Å². The summed E-state index contributed by atoms with van der Waals surface area (Å²) in [5.41, 5.74) is 9.22. The minimum atomic E-state index is 0.214. The number of aryl methyl sites for hydroxylation is 1. The molecule has 0 aliphatic carbocycles. The first-order chi connectivity index (χ1) is 9.09. The topological polar surface area (TPSA) is 66.0 Å². The van der Waals surface area contributed by atoms with Crippen LogP contribution in [0.1, 0.15) is 25.3 Å². The predicted octanol–water partition coefficient (Wildman–Crippen LogP) is 2.14. The highest BCUT2D eigenvalue weighted by molar-refractivity contribution is 5.77. The van der Waals surface area contributed by atoms with Crippen LogP contribution in [0.25, 0.3) is 11.2 Å². The molecule has 0 amide bonds. The molecule has 5 heteroatoms. The van der Waals surface area contributed by atoms with Crippen molar-refractivity contribution in [2.75, 3.05) is 18.9 Å². The van der Waals surface area contributed by atoms with Gasteiger partial charge in [-0.05, 0) is 36.8 Å². The Bertz CT molecular complexity index is 599. The third-order valence-electron chi connectivity index (χ3n) is 4.10. The van der Waals surface area contributed by atoms with Gasteiger partial charge in [-0.2, -0.15) is 0 Å². The first-order valence-corrected chi connectivity index (χ1v) is 6.74. The molecule has 0 unspecified atom stereocenters. The normalized spacial score (nSPS) is 18.8. The van der Waals surface area contributed by atoms with Crippen LogP contribution in [0.15, 0.2) is 12.3 Å². The Hall–Kier alpha value is -1.62. The lowest BCUT2D eigenvalue weighted by atomic mass is 9.82. The number of imidazole rings is 1. The Morgan fingerprint density at radius 2 is 2.16 bits per heavy atom. The van der Waals surface area contributed by atoms with E-state index in [1.807, 2.05) is 23.8 Å². The van der Waals surface area contributed by atoms with Gasteiger partial charge in [-0.3, -0.25) is 4.57 Å². The van der Waals surface area contributed by atoms with Gasteiger partial charge in [0.05, 0.1) is 0 Å². The van der Waals surface area contributed by atoms with Crippen molar-refractivity contribution in [3.8, 4) is 0 Å². The van der Waals surface area contributed by atoms with Crippen LogP contribution in [0, 0.1) is 12.3 Å². The Morgan fingerprint density at radius 3 is 2.89 bits per heavy atom. The van der Waals surface area contributed by atoms with E-state index in [-0.39, 0.29) is 5.41 Å². The lowest BCUT2D eigenvalue weighted by molar-refractivity contribution is 0.0162. The zero-order chi connectivity index (χ0) is 13.5. The molecule has 19 heavy (non-hydrogen) atoms. The number of hydrogen-bond donors (Lipinski definition) is 1. The third kappa shape index (κ3) is 2.18. The second-order valence-electron chi connectivity index (χ2n) is 5.78. The van der Waals surface area contributed by atoms with Crippen molar-refractivity contribution in [3.63, 3.8) is 0 Å². The maximum Gasteiger partial charge on any atom is 0.202 e. The second-order valence-corrected chi connectivity index (χ2v) is 5.78. The summed E-state index contributed by atoms with van der Waals surface area (Å²) in [7, 11) is 0. The summed E-state index contributed by atoms with van der Waals surface area (Å²) in [6.45, 7) is 6.84. The molecule has 0 spiro atoms. The number of nitrogen functional groups attached to an aromatic ring is 1. The largest absolute Gasteiger partial charge is 0.381 e. The molecule has 0 atom stereocenters. The average molecular weight is 260 g/mol. The van der Waals surface area contributed by atoms with Gasteiger partial charge in [0, 0.05) is 26.0 Å². The maximum atomic E-state index is 6.08. The minimum absolute atomic E-state index is 0.214. The van der Waals surface area contributed by atoms with E-state index in [4.69, 9.17) is 10.5 Å². The molecular formula is C14H20N4O. The number of rotatable bonds is 2. The van der Waals surface area contributed by atoms with Crippen LogP contribution in [0.3, 0.4) is 0 Å². The molecule has 0 aromatic carbocycles. The zero-order valence-electron chi connectivity index (χ0n) is 11.5. The number of anilines is 1. The molecule has 1 aliphatic rings. The number of fused-ring (bicyclic) bond motifs is 1. The summed E-state index contributed by atoms with van der Waals surface area (Å²) < 4.78 is 7.50. The first-order valence-electron chi connectivity index (χ1n) is 6.74. The van der Waals surface area contributed by atoms with E-state index in [0.29, 0.717) is 5.95 Å².